The molecule has 25 heavy (non-hydrogen) atoms. The van der Waals surface area contributed by atoms with Crippen LogP contribution in [0.2, 0.25) is 5.02 Å². The van der Waals surface area contributed by atoms with Crippen LogP contribution in [-0.4, -0.2) is 29.0 Å². The SMILES string of the molecule is COc1cc(Cl)c(C)cc1Nc1cnc(C(=O)NC2CCCC2)cn1. The number of aryl methyl sites for hydroxylation is 1. The molecule has 1 aliphatic carbocycles. The number of carbonyl (C=O) groups is 1. The van der Waals surface area contributed by atoms with Crippen molar-refractivity contribution >= 4 is 29.0 Å². The summed E-state index contributed by atoms with van der Waals surface area (Å²) in [6, 6.07) is 3.88. The molecule has 0 radical (unpaired) electrons. The average Bonchev–Trinajstić information content (AvgIpc) is 3.11. The third kappa shape index (κ3) is 4.20. The molecule has 0 bridgehead atoms. The van der Waals surface area contributed by atoms with Gasteiger partial charge in [0.05, 0.1) is 25.2 Å². The van der Waals surface area contributed by atoms with E-state index in [1.165, 1.54) is 25.2 Å². The molecule has 1 aliphatic rings. The summed E-state index contributed by atoms with van der Waals surface area (Å²) >= 11 is 6.11. The number of methoxy groups -OCH3 is 1. The van der Waals surface area contributed by atoms with E-state index in [1.807, 2.05) is 13.0 Å². The van der Waals surface area contributed by atoms with E-state index < -0.39 is 0 Å². The number of aromatic nitrogens is 2. The van der Waals surface area contributed by atoms with Gasteiger partial charge in [0.25, 0.3) is 5.91 Å². The fourth-order valence-corrected chi connectivity index (χ4v) is 3.06. The van der Waals surface area contributed by atoms with Crippen LogP contribution in [0, 0.1) is 6.92 Å². The highest BCUT2D eigenvalue weighted by molar-refractivity contribution is 6.31. The molecule has 7 heteroatoms. The first-order valence-electron chi connectivity index (χ1n) is 8.31. The minimum atomic E-state index is -0.175. The Balaban J connectivity index is 1.70. The maximum Gasteiger partial charge on any atom is 0.271 e. The summed E-state index contributed by atoms with van der Waals surface area (Å²) < 4.78 is 5.33. The Morgan fingerprint density at radius 1 is 1.24 bits per heavy atom. The van der Waals surface area contributed by atoms with Gasteiger partial charge in [0.2, 0.25) is 0 Å². The summed E-state index contributed by atoms with van der Waals surface area (Å²) in [6.07, 6.45) is 7.42. The lowest BCUT2D eigenvalue weighted by atomic mass is 10.2. The Morgan fingerprint density at radius 3 is 2.64 bits per heavy atom. The zero-order valence-corrected chi connectivity index (χ0v) is 15.1. The Hall–Kier alpha value is -2.34. The monoisotopic (exact) mass is 360 g/mol. The predicted octanol–water partition coefficient (Wildman–Crippen LogP) is 3.86. The number of rotatable bonds is 5. The summed E-state index contributed by atoms with van der Waals surface area (Å²) in [7, 11) is 1.58. The van der Waals surface area contributed by atoms with Crippen molar-refractivity contribution < 1.29 is 9.53 Å². The lowest BCUT2D eigenvalue weighted by molar-refractivity contribution is 0.0932. The standard InChI is InChI=1S/C18H21ClN4O2/c1-11-7-14(16(25-2)8-13(11)19)23-17-10-20-15(9-21-17)18(24)22-12-5-3-4-6-12/h7-10,12H,3-6H2,1-2H3,(H,21,23)(H,22,24). The van der Waals surface area contributed by atoms with Gasteiger partial charge in [0.15, 0.2) is 0 Å². The van der Waals surface area contributed by atoms with Crippen LogP contribution < -0.4 is 15.4 Å². The molecule has 132 valence electrons. The van der Waals surface area contributed by atoms with Crippen LogP contribution in [0.25, 0.3) is 0 Å². The highest BCUT2D eigenvalue weighted by Crippen LogP contribution is 2.32. The Bertz CT molecular complexity index is 758. The largest absolute Gasteiger partial charge is 0.495 e. The first-order valence-corrected chi connectivity index (χ1v) is 8.68. The van der Waals surface area contributed by atoms with Crippen molar-refractivity contribution in [2.75, 3.05) is 12.4 Å². The first kappa shape index (κ1) is 17.5. The second-order valence-electron chi connectivity index (χ2n) is 6.17. The van der Waals surface area contributed by atoms with Crippen LogP contribution in [0.15, 0.2) is 24.5 Å². The van der Waals surface area contributed by atoms with Crippen LogP contribution >= 0.6 is 11.6 Å². The van der Waals surface area contributed by atoms with Crippen LogP contribution in [-0.2, 0) is 0 Å². The van der Waals surface area contributed by atoms with Gasteiger partial charge in [-0.2, -0.15) is 0 Å². The molecule has 0 aliphatic heterocycles. The van der Waals surface area contributed by atoms with E-state index in [2.05, 4.69) is 20.6 Å². The molecule has 2 aromatic rings. The molecule has 1 saturated carbocycles. The van der Waals surface area contributed by atoms with Gasteiger partial charge in [-0.3, -0.25) is 4.79 Å². The minimum Gasteiger partial charge on any atom is -0.495 e. The molecule has 0 unspecified atom stereocenters. The van der Waals surface area contributed by atoms with E-state index in [4.69, 9.17) is 16.3 Å². The zero-order valence-electron chi connectivity index (χ0n) is 14.3. The molecule has 0 spiro atoms. The normalized spacial score (nSPS) is 14.4. The number of carbonyl (C=O) groups excluding carboxylic acids is 1. The molecule has 2 N–H and O–H groups in total. The first-order chi connectivity index (χ1) is 12.1. The number of ether oxygens (including phenoxy) is 1. The molecule has 1 amide bonds. The molecule has 0 atom stereocenters. The molecular weight excluding hydrogens is 340 g/mol. The van der Waals surface area contributed by atoms with Crippen molar-refractivity contribution in [2.45, 2.75) is 38.6 Å². The fraction of sp³-hybridized carbons (Fsp3) is 0.389. The number of halogens is 1. The second-order valence-corrected chi connectivity index (χ2v) is 6.58. The van der Waals surface area contributed by atoms with Gasteiger partial charge in [-0.15, -0.1) is 0 Å². The van der Waals surface area contributed by atoms with E-state index in [-0.39, 0.29) is 11.9 Å². The highest BCUT2D eigenvalue weighted by Gasteiger charge is 2.19. The van der Waals surface area contributed by atoms with Crippen molar-refractivity contribution in [3.05, 3.63) is 40.8 Å². The van der Waals surface area contributed by atoms with Gasteiger partial charge in [0, 0.05) is 17.1 Å². The summed E-state index contributed by atoms with van der Waals surface area (Å²) in [4.78, 5) is 20.7. The van der Waals surface area contributed by atoms with Gasteiger partial charge < -0.3 is 15.4 Å². The third-order valence-electron chi connectivity index (χ3n) is 4.32. The smallest absolute Gasteiger partial charge is 0.271 e. The summed E-state index contributed by atoms with van der Waals surface area (Å²) in [5.74, 6) is 0.962. The fourth-order valence-electron chi connectivity index (χ4n) is 2.91. The van der Waals surface area contributed by atoms with Crippen molar-refractivity contribution in [1.29, 1.82) is 0 Å². The molecule has 1 heterocycles. The third-order valence-corrected chi connectivity index (χ3v) is 4.73. The number of benzene rings is 1. The number of anilines is 2. The summed E-state index contributed by atoms with van der Waals surface area (Å²) in [6.45, 7) is 1.91. The maximum absolute atomic E-state index is 12.2. The molecule has 6 nitrogen and oxygen atoms in total. The van der Waals surface area contributed by atoms with E-state index >= 15 is 0 Å². The Morgan fingerprint density at radius 2 is 2.00 bits per heavy atom. The van der Waals surface area contributed by atoms with E-state index in [0.717, 1.165) is 24.1 Å². The summed E-state index contributed by atoms with van der Waals surface area (Å²) in [5.41, 5.74) is 1.98. The molecule has 1 aromatic heterocycles. The molecule has 3 rings (SSSR count). The maximum atomic E-state index is 12.2. The summed E-state index contributed by atoms with van der Waals surface area (Å²) in [5, 5.41) is 6.77. The molecule has 0 saturated heterocycles. The highest BCUT2D eigenvalue weighted by atomic mass is 35.5. The number of hydrogen-bond donors (Lipinski definition) is 2. The van der Waals surface area contributed by atoms with E-state index in [0.29, 0.717) is 22.3 Å². The van der Waals surface area contributed by atoms with Crippen molar-refractivity contribution in [2.24, 2.45) is 0 Å². The molecule has 1 fully saturated rings. The number of nitrogens with one attached hydrogen (secondary N) is 2. The van der Waals surface area contributed by atoms with Gasteiger partial charge in [-0.25, -0.2) is 9.97 Å². The van der Waals surface area contributed by atoms with Crippen molar-refractivity contribution in [1.82, 2.24) is 15.3 Å². The van der Waals surface area contributed by atoms with Crippen molar-refractivity contribution in [3.63, 3.8) is 0 Å². The minimum absolute atomic E-state index is 0.175. The predicted molar refractivity (Wildman–Crippen MR) is 97.8 cm³/mol. The number of hydrogen-bond acceptors (Lipinski definition) is 5. The topological polar surface area (TPSA) is 76.1 Å². The van der Waals surface area contributed by atoms with Gasteiger partial charge in [0.1, 0.15) is 17.3 Å². The second kappa shape index (κ2) is 7.70. The van der Waals surface area contributed by atoms with Crippen LogP contribution in [0.5, 0.6) is 5.75 Å². The Labute approximate surface area is 152 Å². The zero-order chi connectivity index (χ0) is 17.8. The van der Waals surface area contributed by atoms with Crippen LogP contribution in [0.3, 0.4) is 0 Å². The van der Waals surface area contributed by atoms with Crippen LogP contribution in [0.1, 0.15) is 41.7 Å². The molecule has 1 aromatic carbocycles. The van der Waals surface area contributed by atoms with Gasteiger partial charge in [-0.05, 0) is 31.4 Å². The molecular formula is C18H21ClN4O2. The van der Waals surface area contributed by atoms with Crippen LogP contribution in [0.4, 0.5) is 11.5 Å². The van der Waals surface area contributed by atoms with Crippen molar-refractivity contribution in [3.8, 4) is 5.75 Å². The van der Waals surface area contributed by atoms with E-state index in [9.17, 15) is 4.79 Å². The van der Waals surface area contributed by atoms with Gasteiger partial charge in [-0.1, -0.05) is 24.4 Å². The Kier molecular flexibility index (Phi) is 5.38. The lowest BCUT2D eigenvalue weighted by Crippen LogP contribution is -2.33. The van der Waals surface area contributed by atoms with E-state index in [1.54, 1.807) is 13.2 Å². The van der Waals surface area contributed by atoms with Gasteiger partial charge >= 0.3 is 0 Å². The number of amides is 1. The quantitative estimate of drug-likeness (QED) is 0.846. The lowest BCUT2D eigenvalue weighted by Gasteiger charge is -2.13. The number of nitrogens with zero attached hydrogens (tertiary/aromatic N) is 2. The average molecular weight is 361 g/mol.